The monoisotopic (exact) mass is 342 g/mol. The number of nitrogens with zero attached hydrogens (tertiary/aromatic N) is 6. The molecule has 0 N–H and O–H groups in total. The van der Waals surface area contributed by atoms with Crippen LogP contribution in [0, 0.1) is 5.92 Å². The van der Waals surface area contributed by atoms with Crippen molar-refractivity contribution >= 4 is 11.8 Å². The molecule has 1 unspecified atom stereocenters. The van der Waals surface area contributed by atoms with Gasteiger partial charge in [-0.3, -0.25) is 9.59 Å². The minimum Gasteiger partial charge on any atom is -0.339 e. The van der Waals surface area contributed by atoms with Crippen LogP contribution in [0.2, 0.25) is 0 Å². The van der Waals surface area contributed by atoms with Crippen molar-refractivity contribution in [2.75, 3.05) is 26.2 Å². The number of hydrogen-bond acceptors (Lipinski definition) is 5. The molecule has 1 saturated heterocycles. The SMILES string of the molecule is O=C(Cn1cnnn1)N1CCN(C(=O)C2CCCC(F)(F)C2)CC1. The van der Waals surface area contributed by atoms with E-state index in [0.29, 0.717) is 39.0 Å². The summed E-state index contributed by atoms with van der Waals surface area (Å²) >= 11 is 0. The van der Waals surface area contributed by atoms with E-state index in [1.165, 1.54) is 11.0 Å². The van der Waals surface area contributed by atoms with E-state index in [1.54, 1.807) is 9.80 Å². The third-order valence-electron chi connectivity index (χ3n) is 4.62. The van der Waals surface area contributed by atoms with Gasteiger partial charge in [-0.2, -0.15) is 0 Å². The molecule has 10 heteroatoms. The van der Waals surface area contributed by atoms with Crippen LogP contribution in [0.1, 0.15) is 25.7 Å². The summed E-state index contributed by atoms with van der Waals surface area (Å²) in [7, 11) is 0. The Hall–Kier alpha value is -2.13. The number of alkyl halides is 2. The fourth-order valence-electron chi connectivity index (χ4n) is 3.31. The van der Waals surface area contributed by atoms with Gasteiger partial charge in [0.1, 0.15) is 12.9 Å². The van der Waals surface area contributed by atoms with Crippen molar-refractivity contribution < 1.29 is 18.4 Å². The third-order valence-corrected chi connectivity index (χ3v) is 4.62. The van der Waals surface area contributed by atoms with Crippen LogP contribution in [-0.4, -0.2) is 73.9 Å². The number of hydrogen-bond donors (Lipinski definition) is 0. The van der Waals surface area contributed by atoms with Crippen molar-refractivity contribution in [3.05, 3.63) is 6.33 Å². The summed E-state index contributed by atoms with van der Waals surface area (Å²) in [6, 6.07) is 0. The summed E-state index contributed by atoms with van der Waals surface area (Å²) < 4.78 is 28.3. The second kappa shape index (κ2) is 6.78. The van der Waals surface area contributed by atoms with E-state index in [0.717, 1.165) is 0 Å². The van der Waals surface area contributed by atoms with Crippen LogP contribution in [0.15, 0.2) is 6.33 Å². The Labute approximate surface area is 137 Å². The van der Waals surface area contributed by atoms with Crippen molar-refractivity contribution in [2.24, 2.45) is 5.92 Å². The van der Waals surface area contributed by atoms with Gasteiger partial charge in [0.25, 0.3) is 0 Å². The van der Waals surface area contributed by atoms with Gasteiger partial charge < -0.3 is 9.80 Å². The van der Waals surface area contributed by atoms with Gasteiger partial charge in [0, 0.05) is 44.9 Å². The maximum absolute atomic E-state index is 13.5. The third kappa shape index (κ3) is 3.85. The lowest BCUT2D eigenvalue weighted by Crippen LogP contribution is -2.53. The standard InChI is InChI=1S/C14H20F2N6O2/c15-14(16)3-1-2-11(8-14)13(24)21-6-4-20(5-7-21)12(23)9-22-10-17-18-19-22/h10-11H,1-9H2. The van der Waals surface area contributed by atoms with Crippen molar-refractivity contribution in [3.8, 4) is 0 Å². The van der Waals surface area contributed by atoms with Gasteiger partial charge in [-0.05, 0) is 23.3 Å². The summed E-state index contributed by atoms with van der Waals surface area (Å²) in [5.74, 6) is -3.67. The van der Waals surface area contributed by atoms with Gasteiger partial charge in [-0.1, -0.05) is 0 Å². The summed E-state index contributed by atoms with van der Waals surface area (Å²) in [4.78, 5) is 27.8. The molecule has 1 aromatic heterocycles. The van der Waals surface area contributed by atoms with Gasteiger partial charge in [0.05, 0.1) is 0 Å². The van der Waals surface area contributed by atoms with Crippen LogP contribution in [-0.2, 0) is 16.1 Å². The predicted molar refractivity (Wildman–Crippen MR) is 77.9 cm³/mol. The van der Waals surface area contributed by atoms with Gasteiger partial charge in [0.15, 0.2) is 0 Å². The fourth-order valence-corrected chi connectivity index (χ4v) is 3.31. The molecule has 132 valence electrons. The molecule has 0 radical (unpaired) electrons. The average molecular weight is 342 g/mol. The van der Waals surface area contributed by atoms with Crippen molar-refractivity contribution in [3.63, 3.8) is 0 Å². The molecule has 0 bridgehead atoms. The maximum atomic E-state index is 13.5. The first kappa shape index (κ1) is 16.7. The minimum atomic E-state index is -2.73. The highest BCUT2D eigenvalue weighted by Crippen LogP contribution is 2.37. The zero-order valence-electron chi connectivity index (χ0n) is 13.3. The second-order valence-electron chi connectivity index (χ2n) is 6.36. The molecule has 1 aromatic rings. The largest absolute Gasteiger partial charge is 0.339 e. The molecule has 8 nitrogen and oxygen atoms in total. The van der Waals surface area contributed by atoms with E-state index in [9.17, 15) is 18.4 Å². The van der Waals surface area contributed by atoms with Gasteiger partial charge in [0.2, 0.25) is 17.7 Å². The highest BCUT2D eigenvalue weighted by molar-refractivity contribution is 5.80. The smallest absolute Gasteiger partial charge is 0.248 e. The van der Waals surface area contributed by atoms with Crippen LogP contribution in [0.4, 0.5) is 8.78 Å². The van der Waals surface area contributed by atoms with E-state index in [2.05, 4.69) is 15.5 Å². The number of carbonyl (C=O) groups excluding carboxylic acids is 2. The van der Waals surface area contributed by atoms with Crippen LogP contribution in [0.25, 0.3) is 0 Å². The Bertz CT molecular complexity index is 586. The number of rotatable bonds is 3. The zero-order valence-corrected chi connectivity index (χ0v) is 13.3. The van der Waals surface area contributed by atoms with Crippen LogP contribution in [0.3, 0.4) is 0 Å². The summed E-state index contributed by atoms with van der Waals surface area (Å²) in [5, 5.41) is 10.6. The molecular weight excluding hydrogens is 322 g/mol. The number of tetrazole rings is 1. The molecule has 3 rings (SSSR count). The van der Waals surface area contributed by atoms with Gasteiger partial charge in [-0.15, -0.1) is 5.10 Å². The molecule has 2 amide bonds. The molecular formula is C14H20F2N6O2. The first-order chi connectivity index (χ1) is 11.4. The zero-order chi connectivity index (χ0) is 17.2. The summed E-state index contributed by atoms with van der Waals surface area (Å²) in [6.07, 6.45) is 1.78. The normalized spacial score (nSPS) is 24.0. The van der Waals surface area contributed by atoms with Crippen molar-refractivity contribution in [1.82, 2.24) is 30.0 Å². The average Bonchev–Trinajstić information content (AvgIpc) is 3.06. The Morgan fingerprint density at radius 3 is 2.50 bits per heavy atom. The fraction of sp³-hybridized carbons (Fsp3) is 0.786. The predicted octanol–water partition coefficient (Wildman–Crippen LogP) is 0.169. The highest BCUT2D eigenvalue weighted by Gasteiger charge is 2.41. The molecule has 2 fully saturated rings. The number of halogens is 2. The maximum Gasteiger partial charge on any atom is 0.248 e. The number of amides is 2. The van der Waals surface area contributed by atoms with E-state index in [4.69, 9.17) is 0 Å². The van der Waals surface area contributed by atoms with Crippen LogP contribution >= 0.6 is 0 Å². The molecule has 2 aliphatic rings. The van der Waals surface area contributed by atoms with Gasteiger partial charge in [-0.25, -0.2) is 13.5 Å². The lowest BCUT2D eigenvalue weighted by Gasteiger charge is -2.38. The Kier molecular flexibility index (Phi) is 4.72. The molecule has 1 aliphatic carbocycles. The summed E-state index contributed by atoms with van der Waals surface area (Å²) in [6.45, 7) is 1.60. The highest BCUT2D eigenvalue weighted by atomic mass is 19.3. The van der Waals surface area contributed by atoms with E-state index < -0.39 is 11.8 Å². The first-order valence-electron chi connectivity index (χ1n) is 8.10. The lowest BCUT2D eigenvalue weighted by atomic mass is 9.85. The topological polar surface area (TPSA) is 84.2 Å². The number of aromatic nitrogens is 4. The lowest BCUT2D eigenvalue weighted by molar-refractivity contribution is -0.147. The summed E-state index contributed by atoms with van der Waals surface area (Å²) in [5.41, 5.74) is 0. The molecule has 0 spiro atoms. The molecule has 1 saturated carbocycles. The number of carbonyl (C=O) groups is 2. The second-order valence-corrected chi connectivity index (χ2v) is 6.36. The molecule has 2 heterocycles. The van der Waals surface area contributed by atoms with Crippen molar-refractivity contribution in [1.29, 1.82) is 0 Å². The minimum absolute atomic E-state index is 0.0514. The molecule has 1 atom stereocenters. The van der Waals surface area contributed by atoms with Crippen LogP contribution < -0.4 is 0 Å². The van der Waals surface area contributed by atoms with Crippen molar-refractivity contribution in [2.45, 2.75) is 38.2 Å². The first-order valence-corrected chi connectivity index (χ1v) is 8.10. The van der Waals surface area contributed by atoms with E-state index >= 15 is 0 Å². The molecule has 24 heavy (non-hydrogen) atoms. The Balaban J connectivity index is 1.49. The molecule has 1 aliphatic heterocycles. The molecule has 0 aromatic carbocycles. The number of piperazine rings is 1. The van der Waals surface area contributed by atoms with Crippen LogP contribution in [0.5, 0.6) is 0 Å². The Morgan fingerprint density at radius 1 is 1.17 bits per heavy atom. The quantitative estimate of drug-likeness (QED) is 0.782. The van der Waals surface area contributed by atoms with E-state index in [-0.39, 0.29) is 31.2 Å². The van der Waals surface area contributed by atoms with Gasteiger partial charge >= 0.3 is 0 Å². The van der Waals surface area contributed by atoms with E-state index in [1.807, 2.05) is 0 Å². The Morgan fingerprint density at radius 2 is 1.88 bits per heavy atom.